The van der Waals surface area contributed by atoms with E-state index in [-0.39, 0.29) is 43.5 Å². The molecule has 10 heteroatoms. The zero-order valence-corrected chi connectivity index (χ0v) is 21.0. The van der Waals surface area contributed by atoms with Crippen LogP contribution >= 0.6 is 0 Å². The van der Waals surface area contributed by atoms with Crippen molar-refractivity contribution in [3.05, 3.63) is 23.8 Å². The normalized spacial score (nSPS) is 40.8. The Morgan fingerprint density at radius 2 is 1.92 bits per heavy atom. The van der Waals surface area contributed by atoms with Gasteiger partial charge in [0.1, 0.15) is 6.17 Å². The molecular formula is C26H33FO9. The minimum absolute atomic E-state index is 0.0610. The molecule has 4 rings (SSSR count). The van der Waals surface area contributed by atoms with Crippen LogP contribution in [-0.2, 0) is 28.5 Å². The molecule has 3 fully saturated rings. The average Bonchev–Trinajstić information content (AvgIpc) is 3.11. The summed E-state index contributed by atoms with van der Waals surface area (Å²) in [5.41, 5.74) is -3.32. The van der Waals surface area contributed by atoms with Crippen molar-refractivity contribution in [2.24, 2.45) is 28.6 Å². The molecule has 0 radical (unpaired) electrons. The zero-order valence-electron chi connectivity index (χ0n) is 21.0. The number of ketones is 2. The Balaban J connectivity index is 1.71. The number of rotatable bonds is 5. The SMILES string of the molecule is CCOC(=O)OCC(=O)[C@@]1(OC(=O)OC)CC[C@H]2[C@@H]3C[C@H](F)C4=CC(=O)C=C[C@]4(C)[C@H]3C(O)C[C@@]21C. The molecule has 198 valence electrons. The topological polar surface area (TPSA) is 125 Å². The molecular weight excluding hydrogens is 475 g/mol. The van der Waals surface area contributed by atoms with E-state index in [9.17, 15) is 24.3 Å². The Bertz CT molecular complexity index is 1020. The van der Waals surface area contributed by atoms with Crippen molar-refractivity contribution in [3.8, 4) is 0 Å². The molecule has 0 saturated heterocycles. The molecule has 0 aromatic rings. The molecule has 0 aliphatic heterocycles. The highest BCUT2D eigenvalue weighted by atomic mass is 19.1. The van der Waals surface area contributed by atoms with Crippen LogP contribution in [0.3, 0.4) is 0 Å². The highest BCUT2D eigenvalue weighted by molar-refractivity contribution is 6.01. The number of allylic oxidation sites excluding steroid dienone is 4. The van der Waals surface area contributed by atoms with Gasteiger partial charge in [0, 0.05) is 16.7 Å². The second-order valence-corrected chi connectivity index (χ2v) is 10.6. The van der Waals surface area contributed by atoms with Crippen molar-refractivity contribution < 1.29 is 47.6 Å². The molecule has 0 spiro atoms. The van der Waals surface area contributed by atoms with E-state index in [1.807, 2.05) is 6.92 Å². The number of alkyl halides is 1. The Morgan fingerprint density at radius 1 is 1.19 bits per heavy atom. The van der Waals surface area contributed by atoms with Gasteiger partial charge in [-0.1, -0.05) is 19.9 Å². The third-order valence-corrected chi connectivity index (χ3v) is 9.05. The van der Waals surface area contributed by atoms with Crippen LogP contribution in [0, 0.1) is 28.6 Å². The highest BCUT2D eigenvalue weighted by Gasteiger charge is 2.71. The molecule has 8 atom stereocenters. The fourth-order valence-electron chi connectivity index (χ4n) is 7.59. The Labute approximate surface area is 209 Å². The van der Waals surface area contributed by atoms with E-state index < -0.39 is 59.3 Å². The van der Waals surface area contributed by atoms with E-state index in [2.05, 4.69) is 0 Å². The van der Waals surface area contributed by atoms with Gasteiger partial charge < -0.3 is 24.1 Å². The van der Waals surface area contributed by atoms with E-state index in [1.165, 1.54) is 12.2 Å². The highest BCUT2D eigenvalue weighted by Crippen LogP contribution is 2.68. The van der Waals surface area contributed by atoms with E-state index >= 15 is 4.39 Å². The predicted molar refractivity (Wildman–Crippen MR) is 122 cm³/mol. The summed E-state index contributed by atoms with van der Waals surface area (Å²) in [4.78, 5) is 49.6. The number of hydrogen-bond donors (Lipinski definition) is 1. The Kier molecular flexibility index (Phi) is 6.79. The quantitative estimate of drug-likeness (QED) is 0.556. The van der Waals surface area contributed by atoms with Gasteiger partial charge in [0.2, 0.25) is 5.78 Å². The van der Waals surface area contributed by atoms with Gasteiger partial charge in [-0.05, 0) is 62.2 Å². The summed E-state index contributed by atoms with van der Waals surface area (Å²) in [7, 11) is 1.12. The summed E-state index contributed by atoms with van der Waals surface area (Å²) in [5, 5.41) is 11.5. The number of halogens is 1. The van der Waals surface area contributed by atoms with Crippen LogP contribution < -0.4 is 0 Å². The van der Waals surface area contributed by atoms with Crippen molar-refractivity contribution in [1.82, 2.24) is 0 Å². The van der Waals surface area contributed by atoms with E-state index in [1.54, 1.807) is 19.9 Å². The lowest BCUT2D eigenvalue weighted by molar-refractivity contribution is -0.185. The van der Waals surface area contributed by atoms with Crippen molar-refractivity contribution in [2.75, 3.05) is 20.3 Å². The first-order valence-electron chi connectivity index (χ1n) is 12.3. The van der Waals surface area contributed by atoms with Crippen LogP contribution in [0.5, 0.6) is 0 Å². The zero-order chi connectivity index (χ0) is 26.5. The molecule has 3 saturated carbocycles. The van der Waals surface area contributed by atoms with Crippen molar-refractivity contribution in [2.45, 2.75) is 64.3 Å². The van der Waals surface area contributed by atoms with E-state index in [0.29, 0.717) is 12.0 Å². The van der Waals surface area contributed by atoms with Crippen LogP contribution in [0.15, 0.2) is 23.8 Å². The number of ether oxygens (including phenoxy) is 4. The second-order valence-electron chi connectivity index (χ2n) is 10.6. The number of carbonyl (C=O) groups excluding carboxylic acids is 4. The maximum Gasteiger partial charge on any atom is 0.509 e. The molecule has 0 aromatic carbocycles. The lowest BCUT2D eigenvalue weighted by atomic mass is 9.46. The Morgan fingerprint density at radius 3 is 2.58 bits per heavy atom. The van der Waals surface area contributed by atoms with Gasteiger partial charge in [-0.2, -0.15) is 0 Å². The van der Waals surface area contributed by atoms with Crippen LogP contribution in [0.4, 0.5) is 14.0 Å². The van der Waals surface area contributed by atoms with Gasteiger partial charge in [0.25, 0.3) is 0 Å². The van der Waals surface area contributed by atoms with Gasteiger partial charge in [-0.15, -0.1) is 0 Å². The molecule has 4 aliphatic carbocycles. The average molecular weight is 509 g/mol. The summed E-state index contributed by atoms with van der Waals surface area (Å²) >= 11 is 0. The number of methoxy groups -OCH3 is 1. The van der Waals surface area contributed by atoms with Gasteiger partial charge in [0.05, 0.1) is 19.8 Å². The van der Waals surface area contributed by atoms with Crippen molar-refractivity contribution >= 4 is 23.9 Å². The largest absolute Gasteiger partial charge is 0.509 e. The lowest BCUT2D eigenvalue weighted by Gasteiger charge is -2.60. The number of aliphatic hydroxyl groups is 1. The van der Waals surface area contributed by atoms with Crippen LogP contribution in [0.1, 0.15) is 46.5 Å². The number of Topliss-reactive ketones (excluding diaryl/α,β-unsaturated/α-hetero) is 1. The standard InChI is InChI=1S/C26H33FO9/c1-5-34-23(32)35-13-20(30)26(36-22(31)33-4)9-7-16-15-11-18(27)17-10-14(28)6-8-24(17,2)21(15)19(29)12-25(16,26)3/h6,8,10,15-16,18-19,21,29H,5,7,9,11-13H2,1-4H3/t15-,16-,18-,19?,21+,24-,25-,26-/m0/s1. The molecule has 9 nitrogen and oxygen atoms in total. The fourth-order valence-corrected chi connectivity index (χ4v) is 7.59. The maximum atomic E-state index is 15.5. The molecule has 1 N–H and O–H groups in total. The minimum atomic E-state index is -1.75. The van der Waals surface area contributed by atoms with Gasteiger partial charge in [-0.3, -0.25) is 9.59 Å². The molecule has 1 unspecified atom stereocenters. The third kappa shape index (κ3) is 3.84. The number of carbonyl (C=O) groups is 4. The second kappa shape index (κ2) is 9.28. The van der Waals surface area contributed by atoms with Gasteiger partial charge in [0.15, 0.2) is 18.0 Å². The molecule has 0 amide bonds. The molecule has 0 heterocycles. The summed E-state index contributed by atoms with van der Waals surface area (Å²) in [6.07, 6.45) is 0.654. The van der Waals surface area contributed by atoms with Crippen molar-refractivity contribution in [1.29, 1.82) is 0 Å². The summed E-state index contributed by atoms with van der Waals surface area (Å²) < 4.78 is 35.6. The molecule has 0 aromatic heterocycles. The first-order valence-corrected chi connectivity index (χ1v) is 12.3. The number of hydrogen-bond acceptors (Lipinski definition) is 9. The van der Waals surface area contributed by atoms with Crippen molar-refractivity contribution in [3.63, 3.8) is 0 Å². The van der Waals surface area contributed by atoms with Crippen LogP contribution in [0.25, 0.3) is 0 Å². The minimum Gasteiger partial charge on any atom is -0.438 e. The predicted octanol–water partition coefficient (Wildman–Crippen LogP) is 3.48. The van der Waals surface area contributed by atoms with E-state index in [0.717, 1.165) is 7.11 Å². The smallest absolute Gasteiger partial charge is 0.438 e. The van der Waals surface area contributed by atoms with E-state index in [4.69, 9.17) is 18.9 Å². The van der Waals surface area contributed by atoms with Gasteiger partial charge >= 0.3 is 12.3 Å². The molecule has 4 aliphatic rings. The first kappa shape index (κ1) is 26.3. The summed E-state index contributed by atoms with van der Waals surface area (Å²) in [6.45, 7) is 4.56. The van der Waals surface area contributed by atoms with Gasteiger partial charge in [-0.25, -0.2) is 14.0 Å². The van der Waals surface area contributed by atoms with Crippen LogP contribution in [0.2, 0.25) is 0 Å². The fraction of sp³-hybridized carbons (Fsp3) is 0.692. The monoisotopic (exact) mass is 508 g/mol. The molecule has 36 heavy (non-hydrogen) atoms. The number of fused-ring (bicyclic) bond motifs is 5. The first-order chi connectivity index (χ1) is 16.9. The lowest BCUT2D eigenvalue weighted by Crippen LogP contribution is -2.64. The summed E-state index contributed by atoms with van der Waals surface area (Å²) in [5.74, 6) is -1.96. The summed E-state index contributed by atoms with van der Waals surface area (Å²) in [6, 6.07) is 0. The van der Waals surface area contributed by atoms with Crippen LogP contribution in [-0.4, -0.2) is 67.2 Å². The number of aliphatic hydroxyl groups excluding tert-OH is 1. The molecule has 0 bridgehead atoms. The maximum absolute atomic E-state index is 15.5. The third-order valence-electron chi connectivity index (χ3n) is 9.05. The Hall–Kier alpha value is -2.75.